The fourth-order valence-corrected chi connectivity index (χ4v) is 1.65. The highest BCUT2D eigenvalue weighted by molar-refractivity contribution is 9.10. The van der Waals surface area contributed by atoms with Gasteiger partial charge in [-0.25, -0.2) is 4.39 Å². The summed E-state index contributed by atoms with van der Waals surface area (Å²) in [5.41, 5.74) is 0. The molecule has 0 bridgehead atoms. The molecule has 0 fully saturated rings. The van der Waals surface area contributed by atoms with Gasteiger partial charge in [-0.15, -0.1) is 0 Å². The van der Waals surface area contributed by atoms with Gasteiger partial charge in [-0.1, -0.05) is 0 Å². The average molecular weight is 263 g/mol. The van der Waals surface area contributed by atoms with E-state index in [0.29, 0.717) is 16.0 Å². The summed E-state index contributed by atoms with van der Waals surface area (Å²) in [6.45, 7) is 3.75. The first-order valence-corrected chi connectivity index (χ1v) is 5.03. The molecule has 1 aromatic carbocycles. The number of rotatable bonds is 3. The second-order valence-electron chi connectivity index (χ2n) is 3.09. The predicted octanol–water partition coefficient (Wildman–Crippen LogP) is 3.38. The summed E-state index contributed by atoms with van der Waals surface area (Å²) in [4.78, 5) is 0. The third kappa shape index (κ3) is 2.61. The lowest BCUT2D eigenvalue weighted by Gasteiger charge is -2.14. The first-order chi connectivity index (χ1) is 6.54. The summed E-state index contributed by atoms with van der Waals surface area (Å²) >= 11 is 3.20. The second kappa shape index (κ2) is 4.64. The molecule has 0 N–H and O–H groups in total. The van der Waals surface area contributed by atoms with Crippen molar-refractivity contribution in [1.82, 2.24) is 0 Å². The SMILES string of the molecule is COc1c(Br)cc(F)cc1OC(C)C. The molecular weight excluding hydrogens is 251 g/mol. The molecule has 0 atom stereocenters. The van der Waals surface area contributed by atoms with Crippen molar-refractivity contribution < 1.29 is 13.9 Å². The molecule has 0 aliphatic rings. The van der Waals surface area contributed by atoms with Gasteiger partial charge in [0, 0.05) is 6.07 Å². The van der Waals surface area contributed by atoms with Crippen LogP contribution < -0.4 is 9.47 Å². The normalized spacial score (nSPS) is 10.4. The molecule has 0 aromatic heterocycles. The van der Waals surface area contributed by atoms with E-state index in [4.69, 9.17) is 9.47 Å². The number of ether oxygens (including phenoxy) is 2. The summed E-state index contributed by atoms with van der Waals surface area (Å²) in [5, 5.41) is 0. The Morgan fingerprint density at radius 1 is 1.36 bits per heavy atom. The molecule has 0 radical (unpaired) electrons. The molecule has 0 saturated heterocycles. The number of methoxy groups -OCH3 is 1. The van der Waals surface area contributed by atoms with Crippen LogP contribution in [0, 0.1) is 5.82 Å². The van der Waals surface area contributed by atoms with Crippen molar-refractivity contribution >= 4 is 15.9 Å². The Hall–Kier alpha value is -0.770. The maximum Gasteiger partial charge on any atom is 0.175 e. The highest BCUT2D eigenvalue weighted by Gasteiger charge is 2.12. The summed E-state index contributed by atoms with van der Waals surface area (Å²) in [5.74, 6) is 0.572. The number of halogens is 2. The summed E-state index contributed by atoms with van der Waals surface area (Å²) in [6.07, 6.45) is -0.0161. The Bertz CT molecular complexity index is 326. The fourth-order valence-electron chi connectivity index (χ4n) is 1.08. The van der Waals surface area contributed by atoms with Crippen molar-refractivity contribution in [3.05, 3.63) is 22.4 Å². The van der Waals surface area contributed by atoms with Gasteiger partial charge in [0.05, 0.1) is 17.7 Å². The predicted molar refractivity (Wildman–Crippen MR) is 56.4 cm³/mol. The molecule has 4 heteroatoms. The third-order valence-electron chi connectivity index (χ3n) is 1.54. The van der Waals surface area contributed by atoms with E-state index < -0.39 is 0 Å². The fraction of sp³-hybridized carbons (Fsp3) is 0.400. The molecule has 2 nitrogen and oxygen atoms in total. The van der Waals surface area contributed by atoms with Gasteiger partial charge in [0.1, 0.15) is 5.82 Å². The summed E-state index contributed by atoms with van der Waals surface area (Å²) in [6, 6.07) is 2.65. The Balaban J connectivity index is 3.11. The van der Waals surface area contributed by atoms with E-state index in [1.807, 2.05) is 13.8 Å². The quantitative estimate of drug-likeness (QED) is 0.832. The van der Waals surface area contributed by atoms with Crippen LogP contribution in [0.25, 0.3) is 0 Å². The van der Waals surface area contributed by atoms with Crippen molar-refractivity contribution in [3.63, 3.8) is 0 Å². The van der Waals surface area contributed by atoms with Crippen molar-refractivity contribution in [2.75, 3.05) is 7.11 Å². The standard InChI is InChI=1S/C10H12BrFO2/c1-6(2)14-9-5-7(12)4-8(11)10(9)13-3/h4-6H,1-3H3. The van der Waals surface area contributed by atoms with E-state index in [1.165, 1.54) is 19.2 Å². The van der Waals surface area contributed by atoms with Crippen molar-refractivity contribution in [3.8, 4) is 11.5 Å². The molecule has 1 rings (SSSR count). The lowest BCUT2D eigenvalue weighted by molar-refractivity contribution is 0.228. The van der Waals surface area contributed by atoms with Gasteiger partial charge in [0.2, 0.25) is 0 Å². The summed E-state index contributed by atoms with van der Waals surface area (Å²) < 4.78 is 24.1. The third-order valence-corrected chi connectivity index (χ3v) is 2.13. The first-order valence-electron chi connectivity index (χ1n) is 4.24. The van der Waals surface area contributed by atoms with Crippen LogP contribution in [0.1, 0.15) is 13.8 Å². The summed E-state index contributed by atoms with van der Waals surface area (Å²) in [7, 11) is 1.52. The van der Waals surface area contributed by atoms with E-state index in [0.717, 1.165) is 0 Å². The molecule has 0 spiro atoms. The van der Waals surface area contributed by atoms with Crippen LogP contribution in [-0.2, 0) is 0 Å². The van der Waals surface area contributed by atoms with E-state index >= 15 is 0 Å². The number of hydrogen-bond acceptors (Lipinski definition) is 2. The van der Waals surface area contributed by atoms with Crippen LogP contribution in [0.3, 0.4) is 0 Å². The van der Waals surface area contributed by atoms with Gasteiger partial charge in [-0.3, -0.25) is 0 Å². The van der Waals surface area contributed by atoms with Gasteiger partial charge in [0.15, 0.2) is 11.5 Å². The molecule has 0 unspecified atom stereocenters. The molecule has 78 valence electrons. The van der Waals surface area contributed by atoms with Crippen molar-refractivity contribution in [1.29, 1.82) is 0 Å². The largest absolute Gasteiger partial charge is 0.492 e. The maximum atomic E-state index is 13.0. The van der Waals surface area contributed by atoms with Crippen LogP contribution >= 0.6 is 15.9 Å². The minimum atomic E-state index is -0.353. The number of hydrogen-bond donors (Lipinski definition) is 0. The average Bonchev–Trinajstić information content (AvgIpc) is 2.01. The lowest BCUT2D eigenvalue weighted by Crippen LogP contribution is -2.07. The zero-order valence-corrected chi connectivity index (χ0v) is 9.89. The van der Waals surface area contributed by atoms with Gasteiger partial charge in [0.25, 0.3) is 0 Å². The molecule has 1 aromatic rings. The van der Waals surface area contributed by atoms with Crippen LogP contribution in [0.4, 0.5) is 4.39 Å². The first kappa shape index (κ1) is 11.3. The molecule has 0 aliphatic heterocycles. The van der Waals surface area contributed by atoms with Gasteiger partial charge in [-0.05, 0) is 35.8 Å². The van der Waals surface area contributed by atoms with Gasteiger partial charge in [-0.2, -0.15) is 0 Å². The van der Waals surface area contributed by atoms with E-state index in [-0.39, 0.29) is 11.9 Å². The van der Waals surface area contributed by atoms with E-state index in [2.05, 4.69) is 15.9 Å². The number of benzene rings is 1. The van der Waals surface area contributed by atoms with E-state index in [1.54, 1.807) is 0 Å². The minimum absolute atomic E-state index is 0.0161. The monoisotopic (exact) mass is 262 g/mol. The molecular formula is C10H12BrFO2. The van der Waals surface area contributed by atoms with E-state index in [9.17, 15) is 4.39 Å². The van der Waals surface area contributed by atoms with Crippen molar-refractivity contribution in [2.24, 2.45) is 0 Å². The van der Waals surface area contributed by atoms with Gasteiger partial charge < -0.3 is 9.47 Å². The second-order valence-corrected chi connectivity index (χ2v) is 3.94. The Labute approximate surface area is 91.2 Å². The van der Waals surface area contributed by atoms with Crippen LogP contribution in [0.5, 0.6) is 11.5 Å². The zero-order chi connectivity index (χ0) is 10.7. The smallest absolute Gasteiger partial charge is 0.175 e. The van der Waals surface area contributed by atoms with Crippen LogP contribution in [-0.4, -0.2) is 13.2 Å². The highest BCUT2D eigenvalue weighted by atomic mass is 79.9. The molecule has 0 aliphatic carbocycles. The molecule has 0 saturated carbocycles. The molecule has 0 heterocycles. The topological polar surface area (TPSA) is 18.5 Å². The minimum Gasteiger partial charge on any atom is -0.492 e. The van der Waals surface area contributed by atoms with Gasteiger partial charge >= 0.3 is 0 Å². The molecule has 0 amide bonds. The highest BCUT2D eigenvalue weighted by Crippen LogP contribution is 2.36. The van der Waals surface area contributed by atoms with Crippen LogP contribution in [0.2, 0.25) is 0 Å². The molecule has 14 heavy (non-hydrogen) atoms. The van der Waals surface area contributed by atoms with Crippen LogP contribution in [0.15, 0.2) is 16.6 Å². The zero-order valence-electron chi connectivity index (χ0n) is 8.30. The Kier molecular flexibility index (Phi) is 3.75. The lowest BCUT2D eigenvalue weighted by atomic mass is 10.3. The maximum absolute atomic E-state index is 13.0. The Morgan fingerprint density at radius 3 is 2.50 bits per heavy atom. The van der Waals surface area contributed by atoms with Crippen molar-refractivity contribution in [2.45, 2.75) is 20.0 Å². The Morgan fingerprint density at radius 2 is 2.00 bits per heavy atom.